The molecule has 4 nitrogen and oxygen atoms in total. The van der Waals surface area contributed by atoms with Crippen LogP contribution >= 0.6 is 11.8 Å². The highest BCUT2D eigenvalue weighted by molar-refractivity contribution is 7.99. The number of rotatable bonds is 3. The van der Waals surface area contributed by atoms with Crippen LogP contribution < -0.4 is 10.1 Å². The van der Waals surface area contributed by atoms with Crippen LogP contribution in [0.1, 0.15) is 31.2 Å². The van der Waals surface area contributed by atoms with Gasteiger partial charge in [0.1, 0.15) is 12.4 Å². The highest BCUT2D eigenvalue weighted by Crippen LogP contribution is 2.28. The van der Waals surface area contributed by atoms with Crippen LogP contribution in [0, 0.1) is 5.92 Å². The van der Waals surface area contributed by atoms with Gasteiger partial charge in [0.05, 0.1) is 5.92 Å². The maximum atomic E-state index is 12.7. The molecular weight excluding hydrogens is 332 g/mol. The molecule has 3 aliphatic rings. The smallest absolute Gasteiger partial charge is 0.227 e. The number of thioether (sulfide) groups is 1. The van der Waals surface area contributed by atoms with E-state index in [2.05, 4.69) is 28.0 Å². The fourth-order valence-electron chi connectivity index (χ4n) is 4.27. The van der Waals surface area contributed by atoms with Crippen molar-refractivity contribution in [2.24, 2.45) is 5.92 Å². The van der Waals surface area contributed by atoms with Crippen molar-refractivity contribution in [2.75, 3.05) is 31.2 Å². The van der Waals surface area contributed by atoms with Crippen molar-refractivity contribution >= 4 is 17.7 Å². The third-order valence-corrected chi connectivity index (χ3v) is 6.88. The molecule has 0 aromatic heterocycles. The summed E-state index contributed by atoms with van der Waals surface area (Å²) in [5.74, 6) is 3.67. The van der Waals surface area contributed by atoms with Crippen molar-refractivity contribution in [2.45, 2.75) is 44.2 Å². The Bertz CT molecular complexity index is 595. The highest BCUT2D eigenvalue weighted by atomic mass is 32.2. The van der Waals surface area contributed by atoms with Crippen molar-refractivity contribution in [3.8, 4) is 5.75 Å². The Hall–Kier alpha value is -1.20. The molecule has 4 rings (SSSR count). The second-order valence-corrected chi connectivity index (χ2v) is 8.71. The van der Waals surface area contributed by atoms with Gasteiger partial charge >= 0.3 is 0 Å². The van der Waals surface area contributed by atoms with E-state index in [9.17, 15) is 4.79 Å². The first-order valence-electron chi connectivity index (χ1n) is 9.62. The first kappa shape index (κ1) is 17.2. The molecule has 1 N–H and O–H groups in total. The van der Waals surface area contributed by atoms with Gasteiger partial charge in [-0.3, -0.25) is 4.79 Å². The predicted molar refractivity (Wildman–Crippen MR) is 102 cm³/mol. The molecule has 0 saturated carbocycles. The van der Waals surface area contributed by atoms with Gasteiger partial charge in [-0.15, -0.1) is 0 Å². The van der Waals surface area contributed by atoms with Crippen LogP contribution in [0.5, 0.6) is 5.75 Å². The quantitative estimate of drug-likeness (QED) is 0.900. The number of amides is 1. The number of carbonyl (C=O) groups is 1. The number of fused-ring (bicyclic) bond motifs is 1. The number of likely N-dealkylation sites (tertiary alicyclic amines) is 1. The third kappa shape index (κ3) is 4.14. The number of piperidine rings is 1. The van der Waals surface area contributed by atoms with Crippen LogP contribution in [0.25, 0.3) is 0 Å². The number of benzene rings is 1. The molecule has 1 atom stereocenters. The Morgan fingerprint density at radius 3 is 2.68 bits per heavy atom. The molecule has 2 fully saturated rings. The van der Waals surface area contributed by atoms with Crippen LogP contribution in [-0.2, 0) is 11.2 Å². The first-order valence-corrected chi connectivity index (χ1v) is 10.8. The summed E-state index contributed by atoms with van der Waals surface area (Å²) in [7, 11) is 0. The fraction of sp³-hybridized carbons (Fsp3) is 0.650. The normalized spacial score (nSPS) is 25.8. The minimum absolute atomic E-state index is 0.0525. The summed E-state index contributed by atoms with van der Waals surface area (Å²) < 4.78 is 5.77. The Kier molecular flexibility index (Phi) is 5.51. The lowest BCUT2D eigenvalue weighted by atomic mass is 9.94. The fourth-order valence-corrected chi connectivity index (χ4v) is 5.36. The molecule has 0 aliphatic carbocycles. The Morgan fingerprint density at radius 2 is 1.88 bits per heavy atom. The van der Waals surface area contributed by atoms with Gasteiger partial charge in [-0.25, -0.2) is 0 Å². The van der Waals surface area contributed by atoms with Gasteiger partial charge in [-0.05, 0) is 55.2 Å². The van der Waals surface area contributed by atoms with Gasteiger partial charge in [0, 0.05) is 25.2 Å². The first-order chi connectivity index (χ1) is 12.3. The molecule has 136 valence electrons. The average molecular weight is 361 g/mol. The molecule has 25 heavy (non-hydrogen) atoms. The number of para-hydroxylation sites is 1. The topological polar surface area (TPSA) is 41.6 Å². The lowest BCUT2D eigenvalue weighted by Gasteiger charge is -2.39. The Morgan fingerprint density at radius 1 is 1.12 bits per heavy atom. The summed E-state index contributed by atoms with van der Waals surface area (Å²) in [5, 5.41) is 3.29. The highest BCUT2D eigenvalue weighted by Gasteiger charge is 2.30. The lowest BCUT2D eigenvalue weighted by Crippen LogP contribution is -2.50. The summed E-state index contributed by atoms with van der Waals surface area (Å²) in [6, 6.07) is 9.17. The van der Waals surface area contributed by atoms with E-state index in [1.807, 2.05) is 18.2 Å². The van der Waals surface area contributed by atoms with Crippen molar-refractivity contribution < 1.29 is 9.53 Å². The van der Waals surface area contributed by atoms with Crippen LogP contribution in [0.2, 0.25) is 0 Å². The minimum Gasteiger partial charge on any atom is -0.492 e. The van der Waals surface area contributed by atoms with Crippen molar-refractivity contribution in [1.82, 2.24) is 10.2 Å². The zero-order chi connectivity index (χ0) is 17.1. The molecule has 1 amide bonds. The Labute approximate surface area is 154 Å². The lowest BCUT2D eigenvalue weighted by molar-refractivity contribution is -0.127. The van der Waals surface area contributed by atoms with Crippen LogP contribution in [0.4, 0.5) is 0 Å². The molecule has 0 radical (unpaired) electrons. The number of nitrogens with one attached hydrogen (secondary N) is 1. The van der Waals surface area contributed by atoms with Crippen LogP contribution in [0.3, 0.4) is 0 Å². The third-order valence-electron chi connectivity index (χ3n) is 5.83. The Balaban J connectivity index is 1.25. The molecule has 1 aromatic carbocycles. The summed E-state index contributed by atoms with van der Waals surface area (Å²) in [4.78, 5) is 15.3. The van der Waals surface area contributed by atoms with Crippen molar-refractivity contribution in [1.29, 1.82) is 0 Å². The van der Waals surface area contributed by atoms with Crippen LogP contribution in [0.15, 0.2) is 24.3 Å². The van der Waals surface area contributed by atoms with Crippen molar-refractivity contribution in [3.05, 3.63) is 29.8 Å². The zero-order valence-electron chi connectivity index (χ0n) is 14.8. The predicted octanol–water partition coefficient (Wildman–Crippen LogP) is 2.71. The molecule has 5 heteroatoms. The molecule has 3 aliphatic heterocycles. The number of hydrogen-bond donors (Lipinski definition) is 1. The van der Waals surface area contributed by atoms with Crippen LogP contribution in [-0.4, -0.2) is 54.1 Å². The standard InChI is InChI=1S/C20H28N2O2S/c23-20(16-13-15-3-1-2-4-19(15)24-14-16)21-17-5-9-22(10-6-17)18-7-11-25-12-8-18/h1-4,16-18H,5-14H2,(H,21,23)/t16-/m0/s1. The summed E-state index contributed by atoms with van der Waals surface area (Å²) in [6.07, 6.45) is 5.63. The van der Waals surface area contributed by atoms with E-state index in [1.165, 1.54) is 24.3 Å². The number of hydrogen-bond acceptors (Lipinski definition) is 4. The molecule has 2 saturated heterocycles. The largest absolute Gasteiger partial charge is 0.492 e. The van der Waals surface area contributed by atoms with Gasteiger partial charge in [0.2, 0.25) is 5.91 Å². The van der Waals surface area contributed by atoms with Gasteiger partial charge in [0.15, 0.2) is 0 Å². The summed E-state index contributed by atoms with van der Waals surface area (Å²) in [5.41, 5.74) is 1.15. The van der Waals surface area contributed by atoms with E-state index < -0.39 is 0 Å². The van der Waals surface area contributed by atoms with E-state index in [0.29, 0.717) is 12.6 Å². The van der Waals surface area contributed by atoms with Crippen molar-refractivity contribution in [3.63, 3.8) is 0 Å². The van der Waals surface area contributed by atoms with Gasteiger partial charge in [-0.1, -0.05) is 18.2 Å². The van der Waals surface area contributed by atoms with E-state index in [0.717, 1.165) is 49.7 Å². The van der Waals surface area contributed by atoms with E-state index >= 15 is 0 Å². The minimum atomic E-state index is -0.0525. The van der Waals surface area contributed by atoms with E-state index in [4.69, 9.17) is 4.74 Å². The number of ether oxygens (including phenoxy) is 1. The zero-order valence-corrected chi connectivity index (χ0v) is 15.6. The molecule has 1 aromatic rings. The SMILES string of the molecule is O=C(NC1CCN(C2CCSCC2)CC1)[C@@H]1COc2ccccc2C1. The maximum absolute atomic E-state index is 12.7. The van der Waals surface area contributed by atoms with E-state index in [-0.39, 0.29) is 11.8 Å². The molecule has 0 spiro atoms. The van der Waals surface area contributed by atoms with E-state index in [1.54, 1.807) is 0 Å². The molecule has 0 bridgehead atoms. The number of carbonyl (C=O) groups excluding carboxylic acids is 1. The maximum Gasteiger partial charge on any atom is 0.227 e. The monoisotopic (exact) mass is 360 g/mol. The average Bonchev–Trinajstić information content (AvgIpc) is 2.69. The van der Waals surface area contributed by atoms with Gasteiger partial charge in [-0.2, -0.15) is 11.8 Å². The molecule has 3 heterocycles. The molecular formula is C20H28N2O2S. The van der Waals surface area contributed by atoms with Gasteiger partial charge in [0.25, 0.3) is 0 Å². The van der Waals surface area contributed by atoms with Gasteiger partial charge < -0.3 is 15.0 Å². The summed E-state index contributed by atoms with van der Waals surface area (Å²) in [6.45, 7) is 2.76. The number of nitrogens with zero attached hydrogens (tertiary/aromatic N) is 1. The second-order valence-electron chi connectivity index (χ2n) is 7.48. The second kappa shape index (κ2) is 8.00. The molecule has 0 unspecified atom stereocenters. The summed E-state index contributed by atoms with van der Waals surface area (Å²) >= 11 is 2.09.